The molecule has 0 aromatic heterocycles. The topological polar surface area (TPSA) is 245 Å². The van der Waals surface area contributed by atoms with Crippen LogP contribution in [0.25, 0.3) is 0 Å². The number of rotatable bonds is 8. The first-order valence-corrected chi connectivity index (χ1v) is 14.1. The highest BCUT2D eigenvalue weighted by Crippen LogP contribution is 2.36. The minimum atomic E-state index is -4.92. The average molecular weight is 578 g/mol. The summed E-state index contributed by atoms with van der Waals surface area (Å²) in [6, 6.07) is 0. The monoisotopic (exact) mass is 577 g/mol. The van der Waals surface area contributed by atoms with Crippen LogP contribution in [0, 0.1) is 5.92 Å². The Hall–Kier alpha value is -0.670. The molecular weight excluding hydrogens is 542 g/mol. The highest BCUT2D eigenvalue weighted by atomic mass is 32.3. The molecule has 1 aliphatic carbocycles. The summed E-state index contributed by atoms with van der Waals surface area (Å²) < 4.78 is 51.9. The largest absolute Gasteiger partial charge is 0.466 e. The van der Waals surface area contributed by atoms with Gasteiger partial charge in [-0.05, 0) is 38.5 Å². The summed E-state index contributed by atoms with van der Waals surface area (Å²) in [5.41, 5.74) is -1.23. The van der Waals surface area contributed by atoms with Crippen LogP contribution in [0.3, 0.4) is 0 Å². The van der Waals surface area contributed by atoms with E-state index in [4.69, 9.17) is 18.8 Å². The van der Waals surface area contributed by atoms with Crippen LogP contribution in [0.4, 0.5) is 0 Å². The molecule has 37 heavy (non-hydrogen) atoms. The first-order chi connectivity index (χ1) is 17.3. The number of hydrogen-bond donors (Lipinski definition) is 8. The van der Waals surface area contributed by atoms with E-state index in [2.05, 4.69) is 9.44 Å². The van der Waals surface area contributed by atoms with Crippen molar-refractivity contribution in [2.45, 2.75) is 106 Å². The minimum absolute atomic E-state index is 0.0169. The predicted molar refractivity (Wildman–Crippen MR) is 125 cm³/mol. The van der Waals surface area contributed by atoms with Crippen LogP contribution in [0.1, 0.15) is 39.0 Å². The fourth-order valence-electron chi connectivity index (χ4n) is 4.53. The molecule has 0 spiro atoms. The summed E-state index contributed by atoms with van der Waals surface area (Å²) in [5, 5.41) is 73.0. The molecule has 0 radical (unpaired) electrons. The predicted octanol–water partition coefficient (Wildman–Crippen LogP) is -2.55. The van der Waals surface area contributed by atoms with Crippen molar-refractivity contribution in [2.24, 2.45) is 11.1 Å². The van der Waals surface area contributed by atoms with Gasteiger partial charge in [-0.15, -0.1) is 0 Å². The SMILES string of the molecule is CC1OC(OC2CCC(C/C(=N/OS(=O)(=O)O)SC3OC(CO)C(O)C(O)C3O)CC2)C(O)C(O)C1O. The Morgan fingerprint density at radius 2 is 1.54 bits per heavy atom. The van der Waals surface area contributed by atoms with E-state index in [9.17, 15) is 44.2 Å². The lowest BCUT2D eigenvalue weighted by molar-refractivity contribution is -0.306. The molecule has 8 N–H and O–H groups in total. The standard InChI is InChI=1S/C20H35NO14S2/c1-8-13(23)15(25)17(27)19(32-8)33-10-4-2-9(3-5-10)6-12(21-35-37(29,30)31)36-20-18(28)16(26)14(24)11(7-22)34-20/h8-11,13-20,22-28H,2-7H2,1H3,(H,29,30,31)/b21-12-. The van der Waals surface area contributed by atoms with Gasteiger partial charge < -0.3 is 50.0 Å². The number of thioether (sulfide) groups is 1. The lowest BCUT2D eigenvalue weighted by Crippen LogP contribution is -2.58. The molecule has 0 amide bonds. The average Bonchev–Trinajstić information content (AvgIpc) is 2.85. The highest BCUT2D eigenvalue weighted by molar-refractivity contribution is 8.14. The van der Waals surface area contributed by atoms with Gasteiger partial charge in [0.1, 0.15) is 53.2 Å². The van der Waals surface area contributed by atoms with Gasteiger partial charge in [0.25, 0.3) is 0 Å². The molecule has 1 saturated carbocycles. The summed E-state index contributed by atoms with van der Waals surface area (Å²) in [5.74, 6) is -0.0653. The Morgan fingerprint density at radius 1 is 0.919 bits per heavy atom. The molecule has 3 aliphatic rings. The zero-order chi connectivity index (χ0) is 27.5. The van der Waals surface area contributed by atoms with E-state index < -0.39 is 77.6 Å². The Labute approximate surface area is 217 Å². The number of aliphatic hydroxyl groups is 7. The molecule has 17 heteroatoms. The fraction of sp³-hybridized carbons (Fsp3) is 0.950. The minimum Gasteiger partial charge on any atom is -0.394 e. The first-order valence-electron chi connectivity index (χ1n) is 11.9. The van der Waals surface area contributed by atoms with Gasteiger partial charge in [0.05, 0.1) is 18.8 Å². The van der Waals surface area contributed by atoms with Crippen molar-refractivity contribution in [3.63, 3.8) is 0 Å². The van der Waals surface area contributed by atoms with Crippen LogP contribution in [0.5, 0.6) is 0 Å². The van der Waals surface area contributed by atoms with Crippen molar-refractivity contribution in [3.8, 4) is 0 Å². The van der Waals surface area contributed by atoms with E-state index >= 15 is 0 Å². The molecule has 0 bridgehead atoms. The third-order valence-corrected chi connectivity index (χ3v) is 8.12. The summed E-state index contributed by atoms with van der Waals surface area (Å²) in [7, 11) is -4.92. The van der Waals surface area contributed by atoms with Crippen molar-refractivity contribution in [2.75, 3.05) is 6.61 Å². The maximum atomic E-state index is 11.1. The molecule has 15 nitrogen and oxygen atoms in total. The van der Waals surface area contributed by atoms with Crippen molar-refractivity contribution in [3.05, 3.63) is 0 Å². The first kappa shape index (κ1) is 30.9. The van der Waals surface area contributed by atoms with E-state index in [-0.39, 0.29) is 23.5 Å². The molecule has 216 valence electrons. The lowest BCUT2D eigenvalue weighted by atomic mass is 9.85. The van der Waals surface area contributed by atoms with Crippen molar-refractivity contribution >= 4 is 27.2 Å². The van der Waals surface area contributed by atoms with Crippen molar-refractivity contribution in [1.82, 2.24) is 0 Å². The van der Waals surface area contributed by atoms with Crippen LogP contribution in [-0.2, 0) is 28.9 Å². The highest BCUT2D eigenvalue weighted by Gasteiger charge is 2.45. The van der Waals surface area contributed by atoms with E-state index in [1.54, 1.807) is 6.92 Å². The second-order valence-corrected chi connectivity index (χ2v) is 11.6. The van der Waals surface area contributed by atoms with Gasteiger partial charge in [-0.1, -0.05) is 16.9 Å². The zero-order valence-electron chi connectivity index (χ0n) is 20.0. The smallest absolute Gasteiger partial charge is 0.394 e. The summed E-state index contributed by atoms with van der Waals surface area (Å²) >= 11 is 0.722. The Kier molecular flexibility index (Phi) is 10.9. The summed E-state index contributed by atoms with van der Waals surface area (Å²) in [6.07, 6.45) is -9.92. The maximum absolute atomic E-state index is 11.1. The van der Waals surface area contributed by atoms with Gasteiger partial charge in [0, 0.05) is 6.42 Å². The number of nitrogens with zero attached hydrogens (tertiary/aromatic N) is 1. The molecule has 3 fully saturated rings. The Balaban J connectivity index is 1.59. The summed E-state index contributed by atoms with van der Waals surface area (Å²) in [4.78, 5) is 0. The molecule has 2 heterocycles. The third kappa shape index (κ3) is 8.17. The number of ether oxygens (including phenoxy) is 3. The van der Waals surface area contributed by atoms with Gasteiger partial charge in [-0.3, -0.25) is 4.55 Å². The molecule has 2 aliphatic heterocycles. The van der Waals surface area contributed by atoms with Crippen LogP contribution >= 0.6 is 11.8 Å². The van der Waals surface area contributed by atoms with Crippen LogP contribution < -0.4 is 0 Å². The Morgan fingerprint density at radius 3 is 2.14 bits per heavy atom. The van der Waals surface area contributed by atoms with Gasteiger partial charge in [0.2, 0.25) is 0 Å². The maximum Gasteiger partial charge on any atom is 0.466 e. The van der Waals surface area contributed by atoms with Crippen molar-refractivity contribution < 1.29 is 67.2 Å². The molecule has 0 aromatic carbocycles. The molecule has 10 unspecified atom stereocenters. The molecule has 3 rings (SSSR count). The molecular formula is C20H35NO14S2. The quantitative estimate of drug-likeness (QED) is 0.0640. The third-order valence-electron chi connectivity index (χ3n) is 6.73. The molecule has 10 atom stereocenters. The molecule has 2 saturated heterocycles. The van der Waals surface area contributed by atoms with Gasteiger partial charge >= 0.3 is 10.4 Å². The summed E-state index contributed by atoms with van der Waals surface area (Å²) in [6.45, 7) is 0.907. The van der Waals surface area contributed by atoms with Gasteiger partial charge in [-0.2, -0.15) is 8.42 Å². The van der Waals surface area contributed by atoms with E-state index in [1.165, 1.54) is 0 Å². The Bertz CT molecular complexity index is 867. The van der Waals surface area contributed by atoms with E-state index in [0.717, 1.165) is 11.8 Å². The van der Waals surface area contributed by atoms with Gasteiger partial charge in [0.15, 0.2) is 6.29 Å². The van der Waals surface area contributed by atoms with E-state index in [1.807, 2.05) is 0 Å². The second-order valence-electron chi connectivity index (χ2n) is 9.47. The zero-order valence-corrected chi connectivity index (χ0v) is 21.6. The normalized spacial score (nSPS) is 44.0. The second kappa shape index (κ2) is 13.1. The number of oxime groups is 1. The molecule has 0 aromatic rings. The lowest BCUT2D eigenvalue weighted by Gasteiger charge is -2.41. The van der Waals surface area contributed by atoms with Gasteiger partial charge in [-0.25, -0.2) is 4.28 Å². The van der Waals surface area contributed by atoms with Crippen LogP contribution in [0.15, 0.2) is 5.16 Å². The van der Waals surface area contributed by atoms with Crippen LogP contribution in [-0.4, -0.2) is 127 Å². The fourth-order valence-corrected chi connectivity index (χ4v) is 5.94. The number of hydrogen-bond acceptors (Lipinski definition) is 15. The van der Waals surface area contributed by atoms with Crippen molar-refractivity contribution in [1.29, 1.82) is 0 Å². The van der Waals surface area contributed by atoms with E-state index in [0.29, 0.717) is 25.7 Å². The number of aliphatic hydroxyl groups excluding tert-OH is 7. The van der Waals surface area contributed by atoms with Crippen LogP contribution in [0.2, 0.25) is 0 Å².